The molecular formula is C36H38ClFN4O6. The summed E-state index contributed by atoms with van der Waals surface area (Å²) < 4.78 is 12.9. The predicted molar refractivity (Wildman–Crippen MR) is 178 cm³/mol. The van der Waals surface area contributed by atoms with Gasteiger partial charge in [0.05, 0.1) is 13.1 Å². The molecule has 48 heavy (non-hydrogen) atoms. The van der Waals surface area contributed by atoms with Gasteiger partial charge in [-0.15, -0.1) is 0 Å². The molecule has 0 bridgehead atoms. The van der Waals surface area contributed by atoms with Crippen molar-refractivity contribution in [1.82, 2.24) is 20.4 Å². The summed E-state index contributed by atoms with van der Waals surface area (Å²) in [6.07, 6.45) is 1.78. The second kappa shape index (κ2) is 15.3. The first-order valence-corrected chi connectivity index (χ1v) is 16.0. The van der Waals surface area contributed by atoms with Gasteiger partial charge in [-0.1, -0.05) is 73.1 Å². The number of imide groups is 2. The normalized spacial score (nSPS) is 20.3. The first-order valence-electron chi connectivity index (χ1n) is 15.6. The number of aryl methyl sites for hydroxylation is 1. The van der Waals surface area contributed by atoms with Crippen LogP contribution in [-0.4, -0.2) is 69.4 Å². The van der Waals surface area contributed by atoms with Gasteiger partial charge in [-0.2, -0.15) is 0 Å². The number of Topliss-reactive ketones (excluding diaryl/α,β-unsaturated/α-hetero) is 2. The number of urea groups is 2. The van der Waals surface area contributed by atoms with Crippen LogP contribution >= 0.6 is 11.6 Å². The fraction of sp³-hybridized carbons (Fsp3) is 0.333. The molecule has 2 saturated heterocycles. The molecule has 10 nitrogen and oxygen atoms in total. The van der Waals surface area contributed by atoms with Crippen molar-refractivity contribution >= 4 is 47.0 Å². The van der Waals surface area contributed by atoms with Crippen molar-refractivity contribution < 1.29 is 33.2 Å². The highest BCUT2D eigenvalue weighted by Crippen LogP contribution is 2.24. The van der Waals surface area contributed by atoms with Crippen LogP contribution in [0.25, 0.3) is 0 Å². The lowest BCUT2D eigenvalue weighted by atomic mass is 9.93. The monoisotopic (exact) mass is 676 g/mol. The van der Waals surface area contributed by atoms with Crippen LogP contribution in [-0.2, 0) is 38.4 Å². The fourth-order valence-corrected chi connectivity index (χ4v) is 5.48. The van der Waals surface area contributed by atoms with Crippen LogP contribution in [0.15, 0.2) is 78.9 Å². The van der Waals surface area contributed by atoms with Crippen LogP contribution in [0.5, 0.6) is 0 Å². The summed E-state index contributed by atoms with van der Waals surface area (Å²) in [5.41, 5.74) is 0.586. The van der Waals surface area contributed by atoms with E-state index in [2.05, 4.69) is 10.6 Å². The molecule has 3 aromatic carbocycles. The third-order valence-corrected chi connectivity index (χ3v) is 8.70. The van der Waals surface area contributed by atoms with E-state index >= 15 is 0 Å². The maximum Gasteiger partial charge on any atom is 0.325 e. The van der Waals surface area contributed by atoms with Gasteiger partial charge in [0.1, 0.15) is 16.9 Å². The molecule has 6 amide bonds. The van der Waals surface area contributed by atoms with Gasteiger partial charge >= 0.3 is 12.1 Å². The smallest absolute Gasteiger partial charge is 0.323 e. The van der Waals surface area contributed by atoms with Crippen molar-refractivity contribution in [3.8, 4) is 0 Å². The maximum absolute atomic E-state index is 12.9. The Morgan fingerprint density at radius 1 is 0.688 bits per heavy atom. The Balaban J connectivity index is 0.000000224. The molecule has 3 aromatic rings. The van der Waals surface area contributed by atoms with Gasteiger partial charge in [-0.25, -0.2) is 14.0 Å². The van der Waals surface area contributed by atoms with Crippen molar-refractivity contribution in [3.63, 3.8) is 0 Å². The molecular weight excluding hydrogens is 639 g/mol. The second-order valence-corrected chi connectivity index (χ2v) is 12.8. The van der Waals surface area contributed by atoms with E-state index in [0.717, 1.165) is 20.9 Å². The van der Waals surface area contributed by atoms with Gasteiger partial charge in [0.2, 0.25) is 0 Å². The lowest BCUT2D eigenvalue weighted by molar-refractivity contribution is -0.134. The lowest BCUT2D eigenvalue weighted by Crippen LogP contribution is -2.44. The Labute approximate surface area is 283 Å². The quantitative estimate of drug-likeness (QED) is 0.258. The molecule has 2 aliphatic rings. The van der Waals surface area contributed by atoms with Gasteiger partial charge < -0.3 is 10.6 Å². The van der Waals surface area contributed by atoms with Gasteiger partial charge in [-0.3, -0.25) is 29.0 Å². The number of carbonyl (C=O) groups is 6. The van der Waals surface area contributed by atoms with E-state index in [1.54, 1.807) is 38.1 Å². The average molecular weight is 677 g/mol. The van der Waals surface area contributed by atoms with Crippen LogP contribution < -0.4 is 10.6 Å². The number of hydrogen-bond donors (Lipinski definition) is 2. The van der Waals surface area contributed by atoms with Crippen molar-refractivity contribution in [3.05, 3.63) is 106 Å². The van der Waals surface area contributed by atoms with Crippen molar-refractivity contribution in [2.45, 2.75) is 64.0 Å². The molecule has 2 fully saturated rings. The summed E-state index contributed by atoms with van der Waals surface area (Å²) in [4.78, 5) is 75.2. The average Bonchev–Trinajstić information content (AvgIpc) is 3.41. The Kier molecular flexibility index (Phi) is 11.5. The maximum atomic E-state index is 12.9. The number of nitrogens with one attached hydrogen (secondary N) is 2. The standard InChI is InChI=1S/C21H21FN2O3.C15H17ClN2O3/c1-21(12-11-15-5-3-2-4-6-15)19(26)24(20(27)23-21)14-18(25)13-16-7-9-17(22)10-8-16;1-3-15(2)13(20)18(14(21)17-15)9-12(19)8-10-4-6-11(16)7-5-10/h2-10H,11-14H2,1H3,(H,23,27);4-7H,3,8-9H2,1-2H3,(H,17,21). The van der Waals surface area contributed by atoms with Gasteiger partial charge in [-0.05, 0) is 74.1 Å². The molecule has 12 heteroatoms. The highest BCUT2D eigenvalue weighted by Gasteiger charge is 2.48. The van der Waals surface area contributed by atoms with E-state index in [0.29, 0.717) is 29.8 Å². The predicted octanol–water partition coefficient (Wildman–Crippen LogP) is 5.05. The van der Waals surface area contributed by atoms with E-state index in [1.807, 2.05) is 37.3 Å². The van der Waals surface area contributed by atoms with Crippen molar-refractivity contribution in [2.75, 3.05) is 13.1 Å². The van der Waals surface area contributed by atoms with Crippen LogP contribution in [0, 0.1) is 5.82 Å². The van der Waals surface area contributed by atoms with Crippen molar-refractivity contribution in [1.29, 1.82) is 0 Å². The van der Waals surface area contributed by atoms with Crippen molar-refractivity contribution in [2.24, 2.45) is 0 Å². The molecule has 0 radical (unpaired) electrons. The summed E-state index contributed by atoms with van der Waals surface area (Å²) in [5, 5.41) is 5.93. The molecule has 2 atom stereocenters. The van der Waals surface area contributed by atoms with E-state index in [1.165, 1.54) is 24.3 Å². The van der Waals surface area contributed by atoms with Gasteiger partial charge in [0.15, 0.2) is 11.6 Å². The van der Waals surface area contributed by atoms with Crippen LogP contribution in [0.2, 0.25) is 5.02 Å². The molecule has 0 aromatic heterocycles. The largest absolute Gasteiger partial charge is 0.325 e. The Morgan fingerprint density at radius 2 is 1.15 bits per heavy atom. The summed E-state index contributed by atoms with van der Waals surface area (Å²) in [7, 11) is 0. The van der Waals surface area contributed by atoms with E-state index in [4.69, 9.17) is 11.6 Å². The minimum atomic E-state index is -1.02. The number of rotatable bonds is 12. The fourth-order valence-electron chi connectivity index (χ4n) is 5.35. The molecule has 5 rings (SSSR count). The zero-order valence-electron chi connectivity index (χ0n) is 27.1. The number of halogens is 2. The summed E-state index contributed by atoms with van der Waals surface area (Å²) >= 11 is 5.78. The number of carbonyl (C=O) groups excluding carboxylic acids is 6. The molecule has 0 aliphatic carbocycles. The molecule has 2 aliphatic heterocycles. The number of nitrogens with zero attached hydrogens (tertiary/aromatic N) is 2. The molecule has 0 spiro atoms. The van der Waals surface area contributed by atoms with Crippen LogP contribution in [0.1, 0.15) is 50.3 Å². The summed E-state index contributed by atoms with van der Waals surface area (Å²) in [5.74, 6) is -1.59. The van der Waals surface area contributed by atoms with Crippen LogP contribution in [0.3, 0.4) is 0 Å². The third-order valence-electron chi connectivity index (χ3n) is 8.45. The first-order chi connectivity index (χ1) is 22.7. The number of amides is 6. The van der Waals surface area contributed by atoms with Gasteiger partial charge in [0, 0.05) is 17.9 Å². The minimum absolute atomic E-state index is 0.0398. The SMILES string of the molecule is CC1(CCc2ccccc2)NC(=O)N(CC(=O)Cc2ccc(F)cc2)C1=O.CCC1(C)NC(=O)N(CC(=O)Cc2ccc(Cl)cc2)C1=O. The second-order valence-electron chi connectivity index (χ2n) is 12.3. The summed E-state index contributed by atoms with van der Waals surface area (Å²) in [6, 6.07) is 21.1. The molecule has 252 valence electrons. The summed E-state index contributed by atoms with van der Waals surface area (Å²) in [6.45, 7) is 4.67. The van der Waals surface area contributed by atoms with E-state index in [9.17, 15) is 33.2 Å². The Morgan fingerprint density at radius 3 is 1.62 bits per heavy atom. The molecule has 2 heterocycles. The molecule has 0 saturated carbocycles. The molecule has 2 N–H and O–H groups in total. The third kappa shape index (κ3) is 8.92. The number of hydrogen-bond acceptors (Lipinski definition) is 6. The minimum Gasteiger partial charge on any atom is -0.323 e. The zero-order valence-corrected chi connectivity index (χ0v) is 27.8. The Bertz CT molecular complexity index is 1680. The lowest BCUT2D eigenvalue weighted by Gasteiger charge is -2.21. The topological polar surface area (TPSA) is 133 Å². The number of benzene rings is 3. The highest BCUT2D eigenvalue weighted by atomic mass is 35.5. The first kappa shape index (κ1) is 35.9. The van der Waals surface area contributed by atoms with E-state index in [-0.39, 0.29) is 49.2 Å². The zero-order chi connectivity index (χ0) is 35.1. The Hall–Kier alpha value is -4.90. The molecule has 2 unspecified atom stereocenters. The number of ketones is 2. The van der Waals surface area contributed by atoms with Crippen LogP contribution in [0.4, 0.5) is 14.0 Å². The highest BCUT2D eigenvalue weighted by molar-refractivity contribution is 6.30. The van der Waals surface area contributed by atoms with E-state index < -0.39 is 29.0 Å². The van der Waals surface area contributed by atoms with Gasteiger partial charge in [0.25, 0.3) is 11.8 Å².